The Bertz CT molecular complexity index is 453. The smallest absolute Gasteiger partial charge is 0.251 e. The number of rotatable bonds is 4. The fourth-order valence-corrected chi connectivity index (χ4v) is 1.97. The highest BCUT2D eigenvalue weighted by Crippen LogP contribution is 2.26. The molecule has 4 heteroatoms. The highest BCUT2D eigenvalue weighted by Gasteiger charge is 2.24. The first-order valence-corrected chi connectivity index (χ1v) is 6.29. The zero-order chi connectivity index (χ0) is 13.0. The third-order valence-corrected chi connectivity index (χ3v) is 3.36. The topological polar surface area (TPSA) is 58.2 Å². The summed E-state index contributed by atoms with van der Waals surface area (Å²) in [7, 11) is 1.60. The van der Waals surface area contributed by atoms with Crippen molar-refractivity contribution in [2.24, 2.45) is 5.92 Å². The Morgan fingerprint density at radius 3 is 2.72 bits per heavy atom. The summed E-state index contributed by atoms with van der Waals surface area (Å²) in [6.45, 7) is 0.486. The molecule has 0 spiro atoms. The van der Waals surface area contributed by atoms with Gasteiger partial charge in [0.2, 0.25) is 5.91 Å². The maximum atomic E-state index is 11.7. The molecule has 0 unspecified atom stereocenters. The third-order valence-electron chi connectivity index (χ3n) is 3.36. The molecule has 1 saturated carbocycles. The second kappa shape index (κ2) is 5.67. The van der Waals surface area contributed by atoms with Crippen LogP contribution in [-0.4, -0.2) is 18.9 Å². The Morgan fingerprint density at radius 1 is 1.33 bits per heavy atom. The number of benzene rings is 1. The second-order valence-electron chi connectivity index (χ2n) is 4.63. The zero-order valence-corrected chi connectivity index (χ0v) is 10.5. The van der Waals surface area contributed by atoms with Gasteiger partial charge in [0.1, 0.15) is 0 Å². The van der Waals surface area contributed by atoms with E-state index in [0.29, 0.717) is 12.1 Å². The van der Waals surface area contributed by atoms with Crippen LogP contribution in [0.15, 0.2) is 24.3 Å². The predicted molar refractivity (Wildman–Crippen MR) is 69.0 cm³/mol. The van der Waals surface area contributed by atoms with Crippen LogP contribution in [0.2, 0.25) is 0 Å². The first-order valence-electron chi connectivity index (χ1n) is 6.29. The van der Waals surface area contributed by atoms with Gasteiger partial charge in [-0.2, -0.15) is 0 Å². The first kappa shape index (κ1) is 12.6. The summed E-state index contributed by atoms with van der Waals surface area (Å²) in [6.07, 6.45) is 3.17. The van der Waals surface area contributed by atoms with Crippen molar-refractivity contribution < 1.29 is 9.59 Å². The van der Waals surface area contributed by atoms with E-state index in [-0.39, 0.29) is 17.7 Å². The highest BCUT2D eigenvalue weighted by atomic mass is 16.2. The highest BCUT2D eigenvalue weighted by molar-refractivity contribution is 5.94. The molecular formula is C14H18N2O2. The van der Waals surface area contributed by atoms with Gasteiger partial charge in [-0.3, -0.25) is 9.59 Å². The summed E-state index contributed by atoms with van der Waals surface area (Å²) in [5, 5.41) is 5.50. The van der Waals surface area contributed by atoms with Crippen molar-refractivity contribution in [3.63, 3.8) is 0 Å². The molecule has 1 aliphatic carbocycles. The van der Waals surface area contributed by atoms with Crippen LogP contribution in [0, 0.1) is 5.92 Å². The fraction of sp³-hybridized carbons (Fsp3) is 0.429. The lowest BCUT2D eigenvalue weighted by molar-refractivity contribution is -0.127. The molecule has 1 aromatic rings. The fourth-order valence-electron chi connectivity index (χ4n) is 1.97. The van der Waals surface area contributed by atoms with E-state index in [0.717, 1.165) is 24.8 Å². The zero-order valence-electron chi connectivity index (χ0n) is 10.5. The average Bonchev–Trinajstić information content (AvgIpc) is 2.33. The number of amides is 2. The minimum atomic E-state index is -0.109. The van der Waals surface area contributed by atoms with E-state index < -0.39 is 0 Å². The van der Waals surface area contributed by atoms with Crippen molar-refractivity contribution in [3.8, 4) is 0 Å². The van der Waals surface area contributed by atoms with Gasteiger partial charge in [0, 0.05) is 25.1 Å². The van der Waals surface area contributed by atoms with Gasteiger partial charge in [0.05, 0.1) is 0 Å². The standard InChI is InChI=1S/C14H18N2O2/c1-15-13(17)12-7-2-4-10(8-12)9-16-14(18)11-5-3-6-11/h2,4,7-8,11H,3,5-6,9H2,1H3,(H,15,17)(H,16,18). The van der Waals surface area contributed by atoms with E-state index in [1.54, 1.807) is 19.2 Å². The molecule has 0 radical (unpaired) electrons. The maximum absolute atomic E-state index is 11.7. The Balaban J connectivity index is 1.92. The van der Waals surface area contributed by atoms with Crippen molar-refractivity contribution >= 4 is 11.8 Å². The predicted octanol–water partition coefficient (Wildman–Crippen LogP) is 1.46. The van der Waals surface area contributed by atoms with Crippen LogP contribution in [0.5, 0.6) is 0 Å². The summed E-state index contributed by atoms with van der Waals surface area (Å²) < 4.78 is 0. The van der Waals surface area contributed by atoms with E-state index in [9.17, 15) is 9.59 Å². The van der Waals surface area contributed by atoms with Gasteiger partial charge < -0.3 is 10.6 Å². The minimum absolute atomic E-state index is 0.109. The van der Waals surface area contributed by atoms with Gasteiger partial charge in [0.25, 0.3) is 5.91 Å². The maximum Gasteiger partial charge on any atom is 0.251 e. The van der Waals surface area contributed by atoms with Crippen LogP contribution in [0.25, 0.3) is 0 Å². The van der Waals surface area contributed by atoms with Crippen molar-refractivity contribution in [2.75, 3.05) is 7.05 Å². The van der Waals surface area contributed by atoms with E-state index >= 15 is 0 Å². The molecule has 18 heavy (non-hydrogen) atoms. The monoisotopic (exact) mass is 246 g/mol. The molecule has 2 rings (SSSR count). The molecule has 1 fully saturated rings. The van der Waals surface area contributed by atoms with Crippen LogP contribution >= 0.6 is 0 Å². The molecule has 0 atom stereocenters. The van der Waals surface area contributed by atoms with Gasteiger partial charge >= 0.3 is 0 Å². The van der Waals surface area contributed by atoms with Gasteiger partial charge in [-0.05, 0) is 30.5 Å². The molecule has 1 aromatic carbocycles. The third kappa shape index (κ3) is 2.88. The van der Waals surface area contributed by atoms with Crippen LogP contribution < -0.4 is 10.6 Å². The number of hydrogen-bond acceptors (Lipinski definition) is 2. The average molecular weight is 246 g/mol. The summed E-state index contributed by atoms with van der Waals surface area (Å²) in [6, 6.07) is 7.30. The molecule has 4 nitrogen and oxygen atoms in total. The summed E-state index contributed by atoms with van der Waals surface area (Å²) in [4.78, 5) is 23.2. The normalized spacial score (nSPS) is 14.7. The van der Waals surface area contributed by atoms with E-state index in [1.165, 1.54) is 0 Å². The minimum Gasteiger partial charge on any atom is -0.355 e. The molecule has 2 N–H and O–H groups in total. The lowest BCUT2D eigenvalue weighted by Crippen LogP contribution is -2.34. The molecule has 0 saturated heterocycles. The lowest BCUT2D eigenvalue weighted by Gasteiger charge is -2.24. The van der Waals surface area contributed by atoms with Crippen LogP contribution in [0.3, 0.4) is 0 Å². The number of hydrogen-bond donors (Lipinski definition) is 2. The number of carbonyl (C=O) groups is 2. The number of carbonyl (C=O) groups excluding carboxylic acids is 2. The Hall–Kier alpha value is -1.84. The molecular weight excluding hydrogens is 228 g/mol. The van der Waals surface area contributed by atoms with Crippen molar-refractivity contribution in [2.45, 2.75) is 25.8 Å². The van der Waals surface area contributed by atoms with E-state index in [4.69, 9.17) is 0 Å². The lowest BCUT2D eigenvalue weighted by atomic mass is 9.85. The van der Waals surface area contributed by atoms with Crippen molar-refractivity contribution in [1.29, 1.82) is 0 Å². The second-order valence-corrected chi connectivity index (χ2v) is 4.63. The van der Waals surface area contributed by atoms with E-state index in [1.807, 2.05) is 12.1 Å². The Labute approximate surface area is 107 Å². The number of nitrogens with one attached hydrogen (secondary N) is 2. The molecule has 0 heterocycles. The van der Waals surface area contributed by atoms with Crippen molar-refractivity contribution in [3.05, 3.63) is 35.4 Å². The van der Waals surface area contributed by atoms with Gasteiger partial charge in [-0.25, -0.2) is 0 Å². The molecule has 0 bridgehead atoms. The SMILES string of the molecule is CNC(=O)c1cccc(CNC(=O)C2CCC2)c1. The first-order chi connectivity index (χ1) is 8.70. The van der Waals surface area contributed by atoms with Gasteiger partial charge in [-0.1, -0.05) is 18.6 Å². The Morgan fingerprint density at radius 2 is 2.11 bits per heavy atom. The summed E-state index contributed by atoms with van der Waals surface area (Å²) >= 11 is 0. The van der Waals surface area contributed by atoms with Gasteiger partial charge in [0.15, 0.2) is 0 Å². The van der Waals surface area contributed by atoms with Gasteiger partial charge in [-0.15, -0.1) is 0 Å². The van der Waals surface area contributed by atoms with Crippen LogP contribution in [0.4, 0.5) is 0 Å². The summed E-state index contributed by atoms with van der Waals surface area (Å²) in [5.74, 6) is 0.223. The van der Waals surface area contributed by atoms with Crippen LogP contribution in [-0.2, 0) is 11.3 Å². The molecule has 96 valence electrons. The van der Waals surface area contributed by atoms with E-state index in [2.05, 4.69) is 10.6 Å². The molecule has 0 aliphatic heterocycles. The molecule has 0 aromatic heterocycles. The molecule has 2 amide bonds. The van der Waals surface area contributed by atoms with Crippen molar-refractivity contribution in [1.82, 2.24) is 10.6 Å². The van der Waals surface area contributed by atoms with Crippen LogP contribution in [0.1, 0.15) is 35.2 Å². The molecule has 1 aliphatic rings. The Kier molecular flexibility index (Phi) is 3.97. The summed E-state index contributed by atoms with van der Waals surface area (Å²) in [5.41, 5.74) is 1.57. The quantitative estimate of drug-likeness (QED) is 0.845. The largest absolute Gasteiger partial charge is 0.355 e.